The van der Waals surface area contributed by atoms with Crippen molar-refractivity contribution >= 4 is 22.6 Å². The molecule has 0 radical (unpaired) electrons. The SMILES string of the molecule is CCN1CCN(c2cc3c(cc2F)c(=O)c(C(=O)OCCc2ccccc2)cn3C2CC2)CC1. The summed E-state index contributed by atoms with van der Waals surface area (Å²) in [6.45, 7) is 6.56. The van der Waals surface area contributed by atoms with Crippen LogP contribution in [-0.2, 0) is 11.2 Å². The van der Waals surface area contributed by atoms with Gasteiger partial charge in [0.2, 0.25) is 5.43 Å². The van der Waals surface area contributed by atoms with Crippen LogP contribution in [0, 0.1) is 5.82 Å². The third-order valence-corrected chi connectivity index (χ3v) is 6.89. The summed E-state index contributed by atoms with van der Waals surface area (Å²) in [6, 6.07) is 13.0. The number of pyridine rings is 1. The van der Waals surface area contributed by atoms with Crippen molar-refractivity contribution in [1.82, 2.24) is 9.47 Å². The van der Waals surface area contributed by atoms with E-state index in [1.54, 1.807) is 12.3 Å². The Morgan fingerprint density at radius 2 is 1.82 bits per heavy atom. The molecule has 1 aromatic heterocycles. The molecule has 0 spiro atoms. The van der Waals surface area contributed by atoms with Gasteiger partial charge in [-0.3, -0.25) is 4.79 Å². The third kappa shape index (κ3) is 4.57. The molecule has 2 heterocycles. The first kappa shape index (κ1) is 22.6. The minimum absolute atomic E-state index is 0.0313. The van der Waals surface area contributed by atoms with E-state index in [-0.39, 0.29) is 23.6 Å². The van der Waals surface area contributed by atoms with Crippen LogP contribution in [-0.4, -0.2) is 54.8 Å². The highest BCUT2D eigenvalue weighted by atomic mass is 19.1. The van der Waals surface area contributed by atoms with Gasteiger partial charge in [-0.15, -0.1) is 0 Å². The summed E-state index contributed by atoms with van der Waals surface area (Å²) >= 11 is 0. The molecule has 1 saturated carbocycles. The van der Waals surface area contributed by atoms with Gasteiger partial charge in [0.25, 0.3) is 0 Å². The predicted molar refractivity (Wildman–Crippen MR) is 131 cm³/mol. The predicted octanol–water partition coefficient (Wildman–Crippen LogP) is 4.02. The van der Waals surface area contributed by atoms with Gasteiger partial charge in [0, 0.05) is 50.2 Å². The Labute approximate surface area is 198 Å². The lowest BCUT2D eigenvalue weighted by Crippen LogP contribution is -2.46. The summed E-state index contributed by atoms with van der Waals surface area (Å²) in [5, 5.41) is 0.234. The third-order valence-electron chi connectivity index (χ3n) is 6.89. The van der Waals surface area contributed by atoms with Crippen molar-refractivity contribution in [2.24, 2.45) is 0 Å². The molecule has 0 N–H and O–H groups in total. The second kappa shape index (κ2) is 9.58. The fraction of sp³-hybridized carbons (Fsp3) is 0.407. The molecule has 3 aromatic rings. The van der Waals surface area contributed by atoms with Crippen molar-refractivity contribution in [3.05, 3.63) is 75.8 Å². The quantitative estimate of drug-likeness (QED) is 0.496. The van der Waals surface area contributed by atoms with Crippen molar-refractivity contribution < 1.29 is 13.9 Å². The van der Waals surface area contributed by atoms with Gasteiger partial charge in [-0.2, -0.15) is 0 Å². The molecule has 1 saturated heterocycles. The van der Waals surface area contributed by atoms with E-state index < -0.39 is 17.2 Å². The molecule has 7 heteroatoms. The van der Waals surface area contributed by atoms with Gasteiger partial charge in [-0.05, 0) is 37.1 Å². The van der Waals surface area contributed by atoms with Crippen LogP contribution >= 0.6 is 0 Å². The van der Waals surface area contributed by atoms with E-state index in [4.69, 9.17) is 4.74 Å². The number of esters is 1. The summed E-state index contributed by atoms with van der Waals surface area (Å²) in [5.41, 5.74) is 1.76. The van der Waals surface area contributed by atoms with E-state index >= 15 is 4.39 Å². The van der Waals surface area contributed by atoms with E-state index in [0.717, 1.165) is 51.1 Å². The number of fused-ring (bicyclic) bond motifs is 1. The normalized spacial score (nSPS) is 16.7. The van der Waals surface area contributed by atoms with E-state index in [1.807, 2.05) is 34.9 Å². The number of carbonyl (C=O) groups excluding carboxylic acids is 1. The van der Waals surface area contributed by atoms with Crippen LogP contribution in [0.25, 0.3) is 10.9 Å². The summed E-state index contributed by atoms with van der Waals surface area (Å²) < 4.78 is 22.6. The van der Waals surface area contributed by atoms with Crippen LogP contribution in [0.1, 0.15) is 41.7 Å². The Morgan fingerprint density at radius 3 is 2.50 bits per heavy atom. The molecule has 5 rings (SSSR count). The molecule has 0 atom stereocenters. The van der Waals surface area contributed by atoms with Crippen molar-refractivity contribution in [3.63, 3.8) is 0 Å². The molecule has 2 aliphatic rings. The largest absolute Gasteiger partial charge is 0.462 e. The number of rotatable bonds is 7. The van der Waals surface area contributed by atoms with Gasteiger partial charge in [0.05, 0.1) is 17.8 Å². The van der Waals surface area contributed by atoms with Gasteiger partial charge in [0.15, 0.2) is 0 Å². The standard InChI is InChI=1S/C27H30FN3O3/c1-2-29-11-13-30(14-12-29)25-17-24-21(16-23(25)28)26(32)22(18-31(24)20-8-9-20)27(33)34-15-10-19-6-4-3-5-7-19/h3-7,16-18,20H,2,8-15H2,1H3. The zero-order valence-electron chi connectivity index (χ0n) is 19.5. The van der Waals surface area contributed by atoms with E-state index in [2.05, 4.69) is 16.7 Å². The molecule has 1 aliphatic carbocycles. The average Bonchev–Trinajstić information content (AvgIpc) is 3.70. The summed E-state index contributed by atoms with van der Waals surface area (Å²) in [5.74, 6) is -1.08. The lowest BCUT2D eigenvalue weighted by Gasteiger charge is -2.35. The average molecular weight is 464 g/mol. The highest BCUT2D eigenvalue weighted by Crippen LogP contribution is 2.38. The maximum Gasteiger partial charge on any atom is 0.343 e. The van der Waals surface area contributed by atoms with Crippen LogP contribution in [0.4, 0.5) is 10.1 Å². The van der Waals surface area contributed by atoms with E-state index in [0.29, 0.717) is 17.6 Å². The molecule has 34 heavy (non-hydrogen) atoms. The van der Waals surface area contributed by atoms with Crippen LogP contribution in [0.3, 0.4) is 0 Å². The number of halogens is 1. The minimum Gasteiger partial charge on any atom is -0.462 e. The second-order valence-corrected chi connectivity index (χ2v) is 9.12. The van der Waals surface area contributed by atoms with E-state index in [1.165, 1.54) is 6.07 Å². The van der Waals surface area contributed by atoms with Gasteiger partial charge < -0.3 is 19.1 Å². The number of nitrogens with zero attached hydrogens (tertiary/aromatic N) is 3. The van der Waals surface area contributed by atoms with Gasteiger partial charge in [-0.1, -0.05) is 37.3 Å². The minimum atomic E-state index is -0.655. The van der Waals surface area contributed by atoms with Crippen molar-refractivity contribution in [1.29, 1.82) is 0 Å². The summed E-state index contributed by atoms with van der Waals surface area (Å²) in [4.78, 5) is 30.4. The van der Waals surface area contributed by atoms with Gasteiger partial charge >= 0.3 is 5.97 Å². The number of ether oxygens (including phenoxy) is 1. The molecule has 2 fully saturated rings. The highest BCUT2D eigenvalue weighted by Gasteiger charge is 2.29. The van der Waals surface area contributed by atoms with Crippen molar-refractivity contribution in [2.75, 3.05) is 44.2 Å². The molecule has 1 aliphatic heterocycles. The number of aromatic nitrogens is 1. The number of anilines is 1. The number of benzene rings is 2. The summed E-state index contributed by atoms with van der Waals surface area (Å²) in [6.07, 6.45) is 4.13. The number of likely N-dealkylation sites (N-methyl/N-ethyl adjacent to an activating group) is 1. The highest BCUT2D eigenvalue weighted by molar-refractivity contribution is 5.94. The maximum absolute atomic E-state index is 15.2. The molecule has 0 amide bonds. The number of hydrogen-bond acceptors (Lipinski definition) is 5. The first-order chi connectivity index (χ1) is 16.5. The molecular formula is C27H30FN3O3. The van der Waals surface area contributed by atoms with Crippen LogP contribution < -0.4 is 10.3 Å². The van der Waals surface area contributed by atoms with Gasteiger partial charge in [0.1, 0.15) is 11.4 Å². The zero-order chi connectivity index (χ0) is 23.7. The number of carbonyl (C=O) groups is 1. The monoisotopic (exact) mass is 463 g/mol. The second-order valence-electron chi connectivity index (χ2n) is 9.12. The van der Waals surface area contributed by atoms with Crippen LogP contribution in [0.5, 0.6) is 0 Å². The molecule has 0 bridgehead atoms. The van der Waals surface area contributed by atoms with Crippen molar-refractivity contribution in [2.45, 2.75) is 32.2 Å². The Bertz CT molecular complexity index is 1250. The lowest BCUT2D eigenvalue weighted by molar-refractivity contribution is 0.0507. The Kier molecular flexibility index (Phi) is 6.37. The molecule has 178 valence electrons. The van der Waals surface area contributed by atoms with E-state index in [9.17, 15) is 9.59 Å². The van der Waals surface area contributed by atoms with Crippen LogP contribution in [0.2, 0.25) is 0 Å². The molecule has 0 unspecified atom stereocenters. The molecule has 6 nitrogen and oxygen atoms in total. The fourth-order valence-electron chi connectivity index (χ4n) is 4.69. The summed E-state index contributed by atoms with van der Waals surface area (Å²) in [7, 11) is 0. The van der Waals surface area contributed by atoms with Crippen LogP contribution in [0.15, 0.2) is 53.5 Å². The topological polar surface area (TPSA) is 54.8 Å². The Balaban J connectivity index is 1.44. The first-order valence-electron chi connectivity index (χ1n) is 12.1. The first-order valence-corrected chi connectivity index (χ1v) is 12.1. The molecular weight excluding hydrogens is 433 g/mol. The lowest BCUT2D eigenvalue weighted by atomic mass is 10.1. The fourth-order valence-corrected chi connectivity index (χ4v) is 4.69. The number of hydrogen-bond donors (Lipinski definition) is 0. The number of piperazine rings is 1. The Morgan fingerprint density at radius 1 is 1.09 bits per heavy atom. The molecule has 2 aromatic carbocycles. The van der Waals surface area contributed by atoms with Gasteiger partial charge in [-0.25, -0.2) is 9.18 Å². The Hall–Kier alpha value is -3.19. The van der Waals surface area contributed by atoms with Crippen molar-refractivity contribution in [3.8, 4) is 0 Å². The smallest absolute Gasteiger partial charge is 0.343 e. The maximum atomic E-state index is 15.2. The zero-order valence-corrected chi connectivity index (χ0v) is 19.5.